The fourth-order valence-corrected chi connectivity index (χ4v) is 4.15. The Kier molecular flexibility index (Phi) is 3.09. The summed E-state index contributed by atoms with van der Waals surface area (Å²) in [6, 6.07) is 16.9. The Bertz CT molecular complexity index is 1020. The van der Waals surface area contributed by atoms with E-state index in [-0.39, 0.29) is 0 Å². The van der Waals surface area contributed by atoms with Gasteiger partial charge in [-0.15, -0.1) is 5.10 Å². The topological polar surface area (TPSA) is 46.8 Å². The normalized spacial score (nSPS) is 13.6. The summed E-state index contributed by atoms with van der Waals surface area (Å²) in [5.74, 6) is 0. The molecule has 1 aliphatic rings. The van der Waals surface area contributed by atoms with Crippen LogP contribution in [0.1, 0.15) is 16.1 Å². The Labute approximate surface area is 143 Å². The molecule has 0 atom stereocenters. The second kappa shape index (κ2) is 5.42. The predicted octanol–water partition coefficient (Wildman–Crippen LogP) is 3.46. The molecule has 4 aromatic rings. The van der Waals surface area contributed by atoms with Gasteiger partial charge in [0.1, 0.15) is 0 Å². The molecule has 0 saturated carbocycles. The van der Waals surface area contributed by atoms with Crippen molar-refractivity contribution in [3.05, 3.63) is 70.9 Å². The number of benzene rings is 2. The standard InChI is InChI=1S/C18H15N5S/c1-4-8-17-13(5-1)10-23-14(9-19-21-23)11-22(17)12-18-15-6-2-3-7-16(15)20-24-18/h1-9H,10-12H2. The first-order chi connectivity index (χ1) is 11.9. The highest BCUT2D eigenvalue weighted by molar-refractivity contribution is 7.07. The van der Waals surface area contributed by atoms with Crippen molar-refractivity contribution in [2.75, 3.05) is 4.90 Å². The summed E-state index contributed by atoms with van der Waals surface area (Å²) in [5.41, 5.74) is 4.75. The van der Waals surface area contributed by atoms with Crippen molar-refractivity contribution in [3.8, 4) is 0 Å². The van der Waals surface area contributed by atoms with Crippen LogP contribution in [0, 0.1) is 0 Å². The summed E-state index contributed by atoms with van der Waals surface area (Å²) in [7, 11) is 0. The molecule has 0 saturated heterocycles. The smallest absolute Gasteiger partial charge is 0.0844 e. The van der Waals surface area contributed by atoms with Gasteiger partial charge in [0.05, 0.1) is 41.9 Å². The van der Waals surface area contributed by atoms with E-state index in [2.05, 4.69) is 62.1 Å². The van der Waals surface area contributed by atoms with Gasteiger partial charge in [0.25, 0.3) is 0 Å². The SMILES string of the molecule is c1ccc2c(c1)Cn1nncc1CN2Cc1snc2ccccc12. The third-order valence-electron chi connectivity index (χ3n) is 4.50. The van der Waals surface area contributed by atoms with E-state index in [1.807, 2.05) is 16.9 Å². The number of aromatic nitrogens is 4. The van der Waals surface area contributed by atoms with Gasteiger partial charge in [-0.05, 0) is 29.2 Å². The van der Waals surface area contributed by atoms with E-state index >= 15 is 0 Å². The molecular weight excluding hydrogens is 318 g/mol. The Balaban J connectivity index is 1.59. The van der Waals surface area contributed by atoms with Gasteiger partial charge in [0, 0.05) is 11.1 Å². The molecule has 0 radical (unpaired) electrons. The van der Waals surface area contributed by atoms with Gasteiger partial charge in [-0.25, -0.2) is 4.68 Å². The van der Waals surface area contributed by atoms with Gasteiger partial charge >= 0.3 is 0 Å². The lowest BCUT2D eigenvalue weighted by Gasteiger charge is -2.23. The molecule has 3 heterocycles. The van der Waals surface area contributed by atoms with E-state index in [1.165, 1.54) is 21.5 Å². The van der Waals surface area contributed by atoms with Crippen molar-refractivity contribution in [3.63, 3.8) is 0 Å². The van der Waals surface area contributed by atoms with Crippen LogP contribution in [0.15, 0.2) is 54.7 Å². The first-order valence-corrected chi connectivity index (χ1v) is 8.69. The fourth-order valence-electron chi connectivity index (χ4n) is 3.30. The molecule has 0 aliphatic carbocycles. The van der Waals surface area contributed by atoms with Crippen molar-refractivity contribution < 1.29 is 0 Å². The van der Waals surface area contributed by atoms with Gasteiger partial charge in [0.15, 0.2) is 0 Å². The minimum atomic E-state index is 0.769. The number of nitrogens with zero attached hydrogens (tertiary/aromatic N) is 5. The molecule has 1 aliphatic heterocycles. The van der Waals surface area contributed by atoms with Crippen LogP contribution >= 0.6 is 11.5 Å². The lowest BCUT2D eigenvalue weighted by atomic mass is 10.1. The van der Waals surface area contributed by atoms with Crippen LogP contribution in [0.5, 0.6) is 0 Å². The second-order valence-electron chi connectivity index (χ2n) is 5.99. The van der Waals surface area contributed by atoms with E-state index in [1.54, 1.807) is 11.5 Å². The minimum Gasteiger partial charge on any atom is -0.360 e. The molecule has 2 aromatic carbocycles. The Morgan fingerprint density at radius 2 is 1.88 bits per heavy atom. The molecule has 0 bridgehead atoms. The summed E-state index contributed by atoms with van der Waals surface area (Å²) < 4.78 is 6.57. The fraction of sp³-hybridized carbons (Fsp3) is 0.167. The van der Waals surface area contributed by atoms with E-state index in [0.29, 0.717) is 0 Å². The number of hydrogen-bond acceptors (Lipinski definition) is 5. The minimum absolute atomic E-state index is 0.769. The lowest BCUT2D eigenvalue weighted by Crippen LogP contribution is -2.21. The van der Waals surface area contributed by atoms with Crippen LogP contribution in [-0.2, 0) is 19.6 Å². The van der Waals surface area contributed by atoms with Gasteiger partial charge < -0.3 is 4.90 Å². The second-order valence-corrected chi connectivity index (χ2v) is 6.85. The highest BCUT2D eigenvalue weighted by atomic mass is 32.1. The molecule has 118 valence electrons. The predicted molar refractivity (Wildman–Crippen MR) is 95.1 cm³/mol. The van der Waals surface area contributed by atoms with Gasteiger partial charge in [-0.3, -0.25) is 0 Å². The van der Waals surface area contributed by atoms with E-state index in [0.717, 1.165) is 30.8 Å². The average Bonchev–Trinajstić information content (AvgIpc) is 3.19. The summed E-state index contributed by atoms with van der Waals surface area (Å²) in [5, 5.41) is 9.55. The quantitative estimate of drug-likeness (QED) is 0.564. The van der Waals surface area contributed by atoms with Crippen LogP contribution < -0.4 is 4.90 Å². The van der Waals surface area contributed by atoms with Crippen molar-refractivity contribution in [1.29, 1.82) is 0 Å². The molecule has 0 amide bonds. The number of anilines is 1. The molecule has 0 N–H and O–H groups in total. The van der Waals surface area contributed by atoms with Gasteiger partial charge in [-0.1, -0.05) is 41.6 Å². The maximum absolute atomic E-state index is 4.58. The first-order valence-electron chi connectivity index (χ1n) is 7.92. The number of fused-ring (bicyclic) bond motifs is 3. The molecule has 6 heteroatoms. The van der Waals surface area contributed by atoms with Crippen molar-refractivity contribution in [2.24, 2.45) is 0 Å². The average molecular weight is 333 g/mol. The number of rotatable bonds is 2. The molecule has 5 nitrogen and oxygen atoms in total. The summed E-state index contributed by atoms with van der Waals surface area (Å²) in [6.45, 7) is 2.41. The lowest BCUT2D eigenvalue weighted by molar-refractivity contribution is 0.625. The number of hydrogen-bond donors (Lipinski definition) is 0. The summed E-state index contributed by atoms with van der Waals surface area (Å²) in [6.07, 6.45) is 1.86. The molecule has 0 spiro atoms. The maximum Gasteiger partial charge on any atom is 0.0844 e. The highest BCUT2D eigenvalue weighted by Gasteiger charge is 2.21. The Morgan fingerprint density at radius 1 is 1.00 bits per heavy atom. The van der Waals surface area contributed by atoms with Crippen molar-refractivity contribution in [2.45, 2.75) is 19.6 Å². The van der Waals surface area contributed by atoms with Gasteiger partial charge in [0.2, 0.25) is 0 Å². The van der Waals surface area contributed by atoms with Crippen molar-refractivity contribution in [1.82, 2.24) is 19.4 Å². The van der Waals surface area contributed by atoms with E-state index in [4.69, 9.17) is 0 Å². The van der Waals surface area contributed by atoms with Crippen LogP contribution in [0.2, 0.25) is 0 Å². The summed E-state index contributed by atoms with van der Waals surface area (Å²) >= 11 is 1.59. The largest absolute Gasteiger partial charge is 0.360 e. The molecule has 0 fully saturated rings. The zero-order valence-corrected chi connectivity index (χ0v) is 13.8. The third-order valence-corrected chi connectivity index (χ3v) is 5.35. The number of para-hydroxylation sites is 1. The Hall–Kier alpha value is -2.73. The summed E-state index contributed by atoms with van der Waals surface area (Å²) in [4.78, 5) is 3.69. The zero-order valence-electron chi connectivity index (χ0n) is 13.0. The third kappa shape index (κ3) is 2.18. The van der Waals surface area contributed by atoms with E-state index < -0.39 is 0 Å². The van der Waals surface area contributed by atoms with Crippen LogP contribution in [-0.4, -0.2) is 19.4 Å². The van der Waals surface area contributed by atoms with Gasteiger partial charge in [-0.2, -0.15) is 4.37 Å². The monoisotopic (exact) mass is 333 g/mol. The zero-order chi connectivity index (χ0) is 15.9. The molecule has 24 heavy (non-hydrogen) atoms. The van der Waals surface area contributed by atoms with Crippen molar-refractivity contribution >= 4 is 28.1 Å². The van der Waals surface area contributed by atoms with Crippen LogP contribution in [0.4, 0.5) is 5.69 Å². The van der Waals surface area contributed by atoms with E-state index in [9.17, 15) is 0 Å². The van der Waals surface area contributed by atoms with Crippen LogP contribution in [0.3, 0.4) is 0 Å². The Morgan fingerprint density at radius 3 is 2.88 bits per heavy atom. The van der Waals surface area contributed by atoms with Crippen LogP contribution in [0.25, 0.3) is 10.9 Å². The molecule has 2 aromatic heterocycles. The highest BCUT2D eigenvalue weighted by Crippen LogP contribution is 2.31. The molecule has 5 rings (SSSR count). The first kappa shape index (κ1) is 13.7. The molecular formula is C18H15N5S. The molecule has 0 unspecified atom stereocenters. The maximum atomic E-state index is 4.58.